The van der Waals surface area contributed by atoms with Crippen LogP contribution >= 0.6 is 0 Å². The van der Waals surface area contributed by atoms with Gasteiger partial charge in [0.1, 0.15) is 5.75 Å². The smallest absolute Gasteiger partial charge is 0.213 e. The first-order valence-corrected chi connectivity index (χ1v) is 5.78. The third-order valence-corrected chi connectivity index (χ3v) is 2.51. The number of hydrogen-bond donors (Lipinski definition) is 1. The summed E-state index contributed by atoms with van der Waals surface area (Å²) in [6.45, 7) is 1.88. The number of benzene rings is 1. The van der Waals surface area contributed by atoms with E-state index in [-0.39, 0.29) is 5.75 Å². The Morgan fingerprint density at radius 1 is 1.43 bits per heavy atom. The number of aryl methyl sites for hydroxylation is 1. The van der Waals surface area contributed by atoms with E-state index in [2.05, 4.69) is 0 Å². The lowest BCUT2D eigenvalue weighted by atomic mass is 10.1. The quantitative estimate of drug-likeness (QED) is 0.810. The maximum absolute atomic E-state index is 10.9. The predicted octanol–water partition coefficient (Wildman–Crippen LogP) is 0.792. The zero-order chi connectivity index (χ0) is 10.8. The van der Waals surface area contributed by atoms with Gasteiger partial charge in [-0.15, -0.1) is 0 Å². The van der Waals surface area contributed by atoms with E-state index < -0.39 is 10.0 Å². The van der Waals surface area contributed by atoms with Crippen LogP contribution in [0, 0.1) is 6.92 Å². The fourth-order valence-electron chi connectivity index (χ4n) is 1.24. The number of sulfonamides is 1. The summed E-state index contributed by atoms with van der Waals surface area (Å²) >= 11 is 0. The maximum atomic E-state index is 10.9. The molecule has 5 heteroatoms. The number of primary sulfonamides is 1. The van der Waals surface area contributed by atoms with Crippen molar-refractivity contribution in [3.8, 4) is 5.75 Å². The number of nitrogens with two attached hydrogens (primary N) is 1. The summed E-state index contributed by atoms with van der Waals surface area (Å²) < 4.78 is 26.8. The zero-order valence-corrected chi connectivity index (χ0v) is 8.97. The number of ether oxygens (including phenoxy) is 1. The average Bonchev–Trinajstić information content (AvgIpc) is 2.01. The Kier molecular flexibility index (Phi) is 3.13. The standard InChI is InChI=1S/C9H13NO3S/c1-7-3-4-9(13-2)8(5-7)6-14(10,11)12/h3-5H,6H2,1-2H3,(H2,10,11,12). The van der Waals surface area contributed by atoms with Crippen LogP contribution in [0.15, 0.2) is 18.2 Å². The highest BCUT2D eigenvalue weighted by molar-refractivity contribution is 7.88. The molecule has 0 saturated heterocycles. The first-order valence-electron chi connectivity index (χ1n) is 4.06. The lowest BCUT2D eigenvalue weighted by Crippen LogP contribution is -2.15. The van der Waals surface area contributed by atoms with Gasteiger partial charge in [-0.3, -0.25) is 0 Å². The summed E-state index contributed by atoms with van der Waals surface area (Å²) in [5.74, 6) is 0.349. The Labute approximate surface area is 83.7 Å². The molecule has 0 aliphatic heterocycles. The van der Waals surface area contributed by atoms with Gasteiger partial charge < -0.3 is 4.74 Å². The molecule has 2 N–H and O–H groups in total. The average molecular weight is 215 g/mol. The van der Waals surface area contributed by atoms with Crippen LogP contribution in [0.25, 0.3) is 0 Å². The van der Waals surface area contributed by atoms with Crippen molar-refractivity contribution in [1.29, 1.82) is 0 Å². The minimum Gasteiger partial charge on any atom is -0.496 e. The SMILES string of the molecule is COc1ccc(C)cc1CS(N)(=O)=O. The van der Waals surface area contributed by atoms with Crippen LogP contribution in [-0.2, 0) is 15.8 Å². The minimum absolute atomic E-state index is 0.197. The Morgan fingerprint density at radius 2 is 2.07 bits per heavy atom. The van der Waals surface area contributed by atoms with Gasteiger partial charge >= 0.3 is 0 Å². The van der Waals surface area contributed by atoms with Crippen molar-refractivity contribution in [2.24, 2.45) is 5.14 Å². The molecule has 78 valence electrons. The molecule has 0 atom stereocenters. The Bertz CT molecular complexity index is 426. The first kappa shape index (κ1) is 11.0. The van der Waals surface area contributed by atoms with Crippen LogP contribution in [-0.4, -0.2) is 15.5 Å². The molecule has 0 unspecified atom stereocenters. The summed E-state index contributed by atoms with van der Waals surface area (Å²) in [4.78, 5) is 0. The molecule has 1 aromatic rings. The molecule has 0 aliphatic carbocycles. The second kappa shape index (κ2) is 3.98. The van der Waals surface area contributed by atoms with E-state index in [1.54, 1.807) is 12.1 Å². The third kappa shape index (κ3) is 3.01. The third-order valence-electron chi connectivity index (χ3n) is 1.79. The molecule has 0 aromatic heterocycles. The summed E-state index contributed by atoms with van der Waals surface area (Å²) in [5.41, 5.74) is 1.57. The van der Waals surface area contributed by atoms with Gasteiger partial charge in [0.15, 0.2) is 0 Å². The molecule has 0 fully saturated rings. The van der Waals surface area contributed by atoms with Crippen LogP contribution < -0.4 is 9.88 Å². The van der Waals surface area contributed by atoms with E-state index in [9.17, 15) is 8.42 Å². The summed E-state index contributed by atoms with van der Waals surface area (Å²) in [5, 5.41) is 4.96. The highest BCUT2D eigenvalue weighted by Crippen LogP contribution is 2.20. The Morgan fingerprint density at radius 3 is 2.57 bits per heavy atom. The molecular weight excluding hydrogens is 202 g/mol. The van der Waals surface area contributed by atoms with Gasteiger partial charge in [0.05, 0.1) is 12.9 Å². The van der Waals surface area contributed by atoms with Crippen molar-refractivity contribution in [1.82, 2.24) is 0 Å². The highest BCUT2D eigenvalue weighted by atomic mass is 32.2. The fourth-order valence-corrected chi connectivity index (χ4v) is 1.90. The molecule has 14 heavy (non-hydrogen) atoms. The fraction of sp³-hybridized carbons (Fsp3) is 0.333. The van der Waals surface area contributed by atoms with Crippen LogP contribution in [0.3, 0.4) is 0 Å². The van der Waals surface area contributed by atoms with Crippen LogP contribution in [0.2, 0.25) is 0 Å². The van der Waals surface area contributed by atoms with Crippen molar-refractivity contribution in [3.05, 3.63) is 29.3 Å². The zero-order valence-electron chi connectivity index (χ0n) is 8.15. The molecule has 0 saturated carbocycles. The van der Waals surface area contributed by atoms with E-state index in [1.165, 1.54) is 7.11 Å². The van der Waals surface area contributed by atoms with Crippen molar-refractivity contribution >= 4 is 10.0 Å². The van der Waals surface area contributed by atoms with Crippen molar-refractivity contribution in [2.45, 2.75) is 12.7 Å². The van der Waals surface area contributed by atoms with Crippen LogP contribution in [0.1, 0.15) is 11.1 Å². The Balaban J connectivity index is 3.11. The normalized spacial score (nSPS) is 11.4. The Hall–Kier alpha value is -1.07. The number of methoxy groups -OCH3 is 1. The number of hydrogen-bond acceptors (Lipinski definition) is 3. The molecule has 0 aliphatic rings. The second-order valence-electron chi connectivity index (χ2n) is 3.12. The van der Waals surface area contributed by atoms with E-state index >= 15 is 0 Å². The lowest BCUT2D eigenvalue weighted by Gasteiger charge is -2.07. The molecular formula is C9H13NO3S. The highest BCUT2D eigenvalue weighted by Gasteiger charge is 2.10. The van der Waals surface area contributed by atoms with Gasteiger partial charge in [-0.2, -0.15) is 0 Å². The van der Waals surface area contributed by atoms with Crippen molar-refractivity contribution in [3.63, 3.8) is 0 Å². The lowest BCUT2D eigenvalue weighted by molar-refractivity contribution is 0.411. The molecule has 1 aromatic carbocycles. The van der Waals surface area contributed by atoms with E-state index in [4.69, 9.17) is 9.88 Å². The van der Waals surface area contributed by atoms with Crippen molar-refractivity contribution in [2.75, 3.05) is 7.11 Å². The molecule has 4 nitrogen and oxygen atoms in total. The number of rotatable bonds is 3. The topological polar surface area (TPSA) is 69.4 Å². The van der Waals surface area contributed by atoms with Gasteiger partial charge in [0, 0.05) is 5.56 Å². The van der Waals surface area contributed by atoms with Gasteiger partial charge in [-0.1, -0.05) is 17.7 Å². The summed E-state index contributed by atoms with van der Waals surface area (Å²) in [6, 6.07) is 5.34. The monoisotopic (exact) mass is 215 g/mol. The van der Waals surface area contributed by atoms with Gasteiger partial charge in [0.2, 0.25) is 10.0 Å². The van der Waals surface area contributed by atoms with E-state index in [0.29, 0.717) is 11.3 Å². The van der Waals surface area contributed by atoms with Crippen LogP contribution in [0.5, 0.6) is 5.75 Å². The molecule has 0 amide bonds. The summed E-state index contributed by atoms with van der Waals surface area (Å²) in [7, 11) is -2.01. The molecule has 0 radical (unpaired) electrons. The van der Waals surface area contributed by atoms with Crippen molar-refractivity contribution < 1.29 is 13.2 Å². The van der Waals surface area contributed by atoms with Gasteiger partial charge in [0.25, 0.3) is 0 Å². The predicted molar refractivity (Wildman–Crippen MR) is 54.5 cm³/mol. The van der Waals surface area contributed by atoms with E-state index in [0.717, 1.165) is 5.56 Å². The molecule has 0 heterocycles. The maximum Gasteiger partial charge on any atom is 0.213 e. The largest absolute Gasteiger partial charge is 0.496 e. The van der Waals surface area contributed by atoms with Gasteiger partial charge in [-0.25, -0.2) is 13.6 Å². The molecule has 1 rings (SSSR count). The minimum atomic E-state index is -3.51. The molecule has 0 spiro atoms. The second-order valence-corrected chi connectivity index (χ2v) is 4.74. The van der Waals surface area contributed by atoms with E-state index in [1.807, 2.05) is 13.0 Å². The summed E-state index contributed by atoms with van der Waals surface area (Å²) in [6.07, 6.45) is 0. The van der Waals surface area contributed by atoms with Crippen LogP contribution in [0.4, 0.5) is 0 Å². The van der Waals surface area contributed by atoms with Gasteiger partial charge in [-0.05, 0) is 13.0 Å². The molecule has 0 bridgehead atoms. The first-order chi connectivity index (χ1) is 6.42.